The molecule has 1 aromatic heterocycles. The predicted octanol–water partition coefficient (Wildman–Crippen LogP) is 5.25. The van der Waals surface area contributed by atoms with Gasteiger partial charge in [0.25, 0.3) is 0 Å². The second kappa shape index (κ2) is 5.64. The highest BCUT2D eigenvalue weighted by Gasteiger charge is 2.30. The Morgan fingerprint density at radius 3 is 2.10 bits per heavy atom. The van der Waals surface area contributed by atoms with E-state index in [4.69, 9.17) is 11.6 Å². The van der Waals surface area contributed by atoms with Gasteiger partial charge in [0.05, 0.1) is 11.3 Å². The molecular weight excluding hydrogens is 301 g/mol. The SMILES string of the molecule is Cc1c(Cl)nc(C(C)C)nc1-c1ccc(C(F)(F)F)cc1. The number of rotatable bonds is 2. The van der Waals surface area contributed by atoms with E-state index in [-0.39, 0.29) is 5.92 Å². The lowest BCUT2D eigenvalue weighted by Crippen LogP contribution is -2.05. The molecule has 0 amide bonds. The van der Waals surface area contributed by atoms with E-state index in [0.29, 0.717) is 27.8 Å². The summed E-state index contributed by atoms with van der Waals surface area (Å²) in [4.78, 5) is 8.61. The third-order valence-electron chi connectivity index (χ3n) is 3.11. The Morgan fingerprint density at radius 2 is 1.62 bits per heavy atom. The first-order valence-corrected chi connectivity index (χ1v) is 6.79. The van der Waals surface area contributed by atoms with Gasteiger partial charge in [0, 0.05) is 17.0 Å². The quantitative estimate of drug-likeness (QED) is 0.708. The van der Waals surface area contributed by atoms with Crippen LogP contribution in [0.2, 0.25) is 5.15 Å². The average Bonchev–Trinajstić information content (AvgIpc) is 2.40. The van der Waals surface area contributed by atoms with E-state index in [1.54, 1.807) is 6.92 Å². The van der Waals surface area contributed by atoms with Crippen LogP contribution < -0.4 is 0 Å². The molecule has 21 heavy (non-hydrogen) atoms. The molecule has 6 heteroatoms. The van der Waals surface area contributed by atoms with Crippen molar-refractivity contribution in [3.8, 4) is 11.3 Å². The van der Waals surface area contributed by atoms with Crippen LogP contribution >= 0.6 is 11.6 Å². The number of nitrogens with zero attached hydrogens (tertiary/aromatic N) is 2. The van der Waals surface area contributed by atoms with Crippen LogP contribution in [0.15, 0.2) is 24.3 Å². The van der Waals surface area contributed by atoms with Gasteiger partial charge in [0.15, 0.2) is 0 Å². The van der Waals surface area contributed by atoms with Gasteiger partial charge in [-0.15, -0.1) is 0 Å². The average molecular weight is 315 g/mol. The standard InChI is InChI=1S/C15H14ClF3N2/c1-8(2)14-20-12(9(3)13(16)21-14)10-4-6-11(7-5-10)15(17,18)19/h4-8H,1-3H3. The number of benzene rings is 1. The van der Waals surface area contributed by atoms with Crippen molar-refractivity contribution >= 4 is 11.6 Å². The molecule has 0 unspecified atom stereocenters. The highest BCUT2D eigenvalue weighted by molar-refractivity contribution is 6.30. The molecular formula is C15H14ClF3N2. The molecule has 0 aliphatic carbocycles. The number of aromatic nitrogens is 2. The molecule has 0 aliphatic rings. The van der Waals surface area contributed by atoms with Crippen LogP contribution in [-0.4, -0.2) is 9.97 Å². The van der Waals surface area contributed by atoms with E-state index in [1.807, 2.05) is 13.8 Å². The third-order valence-corrected chi connectivity index (χ3v) is 3.47. The van der Waals surface area contributed by atoms with Crippen LogP contribution in [0.3, 0.4) is 0 Å². The van der Waals surface area contributed by atoms with Crippen molar-refractivity contribution < 1.29 is 13.2 Å². The van der Waals surface area contributed by atoms with E-state index >= 15 is 0 Å². The number of hydrogen-bond donors (Lipinski definition) is 0. The van der Waals surface area contributed by atoms with Crippen LogP contribution in [0.4, 0.5) is 13.2 Å². The van der Waals surface area contributed by atoms with Gasteiger partial charge < -0.3 is 0 Å². The third kappa shape index (κ3) is 3.35. The lowest BCUT2D eigenvalue weighted by Gasteiger charge is -2.12. The van der Waals surface area contributed by atoms with E-state index in [2.05, 4.69) is 9.97 Å². The molecule has 0 bridgehead atoms. The van der Waals surface area contributed by atoms with Crippen LogP contribution in [0.1, 0.15) is 36.7 Å². The predicted molar refractivity (Wildman–Crippen MR) is 76.3 cm³/mol. The van der Waals surface area contributed by atoms with Gasteiger partial charge in [-0.05, 0) is 19.1 Å². The minimum Gasteiger partial charge on any atom is -0.232 e. The second-order valence-corrected chi connectivity index (χ2v) is 5.43. The van der Waals surface area contributed by atoms with Crippen LogP contribution in [-0.2, 0) is 6.18 Å². The molecule has 0 aliphatic heterocycles. The Balaban J connectivity index is 2.51. The van der Waals surface area contributed by atoms with Gasteiger partial charge in [-0.2, -0.15) is 13.2 Å². The maximum absolute atomic E-state index is 12.6. The highest BCUT2D eigenvalue weighted by Crippen LogP contribution is 2.32. The first-order valence-electron chi connectivity index (χ1n) is 6.42. The largest absolute Gasteiger partial charge is 0.416 e. The van der Waals surface area contributed by atoms with Gasteiger partial charge in [0.2, 0.25) is 0 Å². The summed E-state index contributed by atoms with van der Waals surface area (Å²) in [5.41, 5.74) is 1.12. The van der Waals surface area contributed by atoms with Gasteiger partial charge in [-0.1, -0.05) is 37.6 Å². The lowest BCUT2D eigenvalue weighted by molar-refractivity contribution is -0.137. The topological polar surface area (TPSA) is 25.8 Å². The maximum atomic E-state index is 12.6. The van der Waals surface area contributed by atoms with Crippen molar-refractivity contribution in [2.45, 2.75) is 32.9 Å². The molecule has 0 saturated heterocycles. The van der Waals surface area contributed by atoms with Crippen LogP contribution in [0.25, 0.3) is 11.3 Å². The summed E-state index contributed by atoms with van der Waals surface area (Å²) >= 11 is 6.09. The van der Waals surface area contributed by atoms with Gasteiger partial charge in [-0.25, -0.2) is 9.97 Å². The van der Waals surface area contributed by atoms with E-state index in [1.165, 1.54) is 12.1 Å². The molecule has 0 atom stereocenters. The van der Waals surface area contributed by atoms with Crippen molar-refractivity contribution in [1.29, 1.82) is 0 Å². The smallest absolute Gasteiger partial charge is 0.232 e. The molecule has 0 N–H and O–H groups in total. The molecule has 0 radical (unpaired) electrons. The summed E-state index contributed by atoms with van der Waals surface area (Å²) in [5, 5.41) is 0.323. The number of alkyl halides is 3. The Hall–Kier alpha value is -1.62. The first kappa shape index (κ1) is 15.8. The zero-order valence-electron chi connectivity index (χ0n) is 11.8. The highest BCUT2D eigenvalue weighted by atomic mass is 35.5. The van der Waals surface area contributed by atoms with E-state index in [0.717, 1.165) is 12.1 Å². The normalized spacial score (nSPS) is 12.0. The Bertz CT molecular complexity index is 649. The monoisotopic (exact) mass is 314 g/mol. The number of halogens is 4. The van der Waals surface area contributed by atoms with Crippen molar-refractivity contribution in [2.75, 3.05) is 0 Å². The van der Waals surface area contributed by atoms with E-state index < -0.39 is 11.7 Å². The Morgan fingerprint density at radius 1 is 1.05 bits per heavy atom. The molecule has 0 saturated carbocycles. The molecule has 2 nitrogen and oxygen atoms in total. The summed E-state index contributed by atoms with van der Waals surface area (Å²) in [6, 6.07) is 4.89. The van der Waals surface area contributed by atoms with Gasteiger partial charge >= 0.3 is 6.18 Å². The Kier molecular flexibility index (Phi) is 4.23. The maximum Gasteiger partial charge on any atom is 0.416 e. The van der Waals surface area contributed by atoms with Crippen molar-refractivity contribution in [3.63, 3.8) is 0 Å². The van der Waals surface area contributed by atoms with Gasteiger partial charge in [0.1, 0.15) is 11.0 Å². The first-order chi connectivity index (χ1) is 9.70. The zero-order valence-corrected chi connectivity index (χ0v) is 12.5. The summed E-state index contributed by atoms with van der Waals surface area (Å²) in [6.45, 7) is 5.61. The fourth-order valence-electron chi connectivity index (χ4n) is 1.86. The second-order valence-electron chi connectivity index (χ2n) is 5.08. The fourth-order valence-corrected chi connectivity index (χ4v) is 2.04. The van der Waals surface area contributed by atoms with Gasteiger partial charge in [-0.3, -0.25) is 0 Å². The summed E-state index contributed by atoms with van der Waals surface area (Å²) in [5.74, 6) is 0.650. The zero-order chi connectivity index (χ0) is 15.8. The van der Waals surface area contributed by atoms with Crippen LogP contribution in [0.5, 0.6) is 0 Å². The molecule has 2 rings (SSSR count). The molecule has 0 spiro atoms. The molecule has 1 heterocycles. The van der Waals surface area contributed by atoms with E-state index in [9.17, 15) is 13.2 Å². The summed E-state index contributed by atoms with van der Waals surface area (Å²) in [6.07, 6.45) is -4.35. The minimum atomic E-state index is -4.35. The van der Waals surface area contributed by atoms with Crippen LogP contribution in [0, 0.1) is 6.92 Å². The summed E-state index contributed by atoms with van der Waals surface area (Å²) in [7, 11) is 0. The Labute approximate surface area is 126 Å². The summed E-state index contributed by atoms with van der Waals surface area (Å²) < 4.78 is 37.8. The molecule has 112 valence electrons. The number of hydrogen-bond acceptors (Lipinski definition) is 2. The molecule has 0 fully saturated rings. The fraction of sp³-hybridized carbons (Fsp3) is 0.333. The molecule has 2 aromatic rings. The minimum absolute atomic E-state index is 0.0799. The van der Waals surface area contributed by atoms with Crippen molar-refractivity contribution in [3.05, 3.63) is 46.4 Å². The molecule has 1 aromatic carbocycles. The van der Waals surface area contributed by atoms with Crippen molar-refractivity contribution in [1.82, 2.24) is 9.97 Å². The lowest BCUT2D eigenvalue weighted by atomic mass is 10.0. The van der Waals surface area contributed by atoms with Crippen molar-refractivity contribution in [2.24, 2.45) is 0 Å².